The molecule has 7 heteroatoms. The Morgan fingerprint density at radius 2 is 1.82 bits per heavy atom. The van der Waals surface area contributed by atoms with Crippen molar-refractivity contribution in [2.24, 2.45) is 23.7 Å². The average Bonchev–Trinajstić information content (AvgIpc) is 3.19. The normalized spacial score (nSPS) is 28.1. The van der Waals surface area contributed by atoms with Gasteiger partial charge in [0.25, 0.3) is 0 Å². The van der Waals surface area contributed by atoms with Crippen molar-refractivity contribution in [3.8, 4) is 0 Å². The summed E-state index contributed by atoms with van der Waals surface area (Å²) in [6.45, 7) is 0.685. The summed E-state index contributed by atoms with van der Waals surface area (Å²) in [5.74, 6) is 1.94. The van der Waals surface area contributed by atoms with Crippen molar-refractivity contribution < 1.29 is 9.59 Å². The molecule has 34 heavy (non-hydrogen) atoms. The van der Waals surface area contributed by atoms with Gasteiger partial charge in [0.05, 0.1) is 11.4 Å². The average molecular weight is 460 g/mol. The summed E-state index contributed by atoms with van der Waals surface area (Å²) >= 11 is 0. The molecule has 5 rings (SSSR count). The first-order chi connectivity index (χ1) is 16.5. The molecule has 2 N–H and O–H groups in total. The van der Waals surface area contributed by atoms with Gasteiger partial charge in [0.1, 0.15) is 11.6 Å². The minimum Gasteiger partial charge on any atom is -0.362 e. The molecule has 2 aromatic rings. The number of benzene rings is 1. The maximum absolute atomic E-state index is 12.8. The van der Waals surface area contributed by atoms with E-state index in [2.05, 4.69) is 16.7 Å². The first kappa shape index (κ1) is 22.6. The van der Waals surface area contributed by atoms with Crippen LogP contribution >= 0.6 is 0 Å². The summed E-state index contributed by atoms with van der Waals surface area (Å²) in [6.07, 6.45) is 12.3. The molecule has 3 atom stereocenters. The molecule has 0 spiro atoms. The van der Waals surface area contributed by atoms with Gasteiger partial charge in [0.2, 0.25) is 11.9 Å². The van der Waals surface area contributed by atoms with Crippen LogP contribution in [0.15, 0.2) is 48.6 Å². The molecule has 1 heterocycles. The lowest BCUT2D eigenvalue weighted by Gasteiger charge is -2.30. The molecule has 1 aromatic heterocycles. The highest BCUT2D eigenvalue weighted by atomic mass is 16.2. The zero-order valence-electron chi connectivity index (χ0n) is 19.9. The standard InChI is InChI=1S/C27H33N5O2/c1-32(2)25-21-9-5-6-10-23(21)30-27(31-25)29-18-13-11-17(12-14-18)16-28-26(34)22-15-24(33)20-8-4-3-7-19(20)22/h3-10,17-20,22H,11-16H2,1-2H3,(H,28,34)(H,29,30,31)/t17-,18+,19?,20?,22?. The SMILES string of the molecule is CN(C)c1nc(N[C@H]2CC[C@@H](CNC(=O)C3CC(=O)C4C=CC=CC43)CC2)nc2ccccc12. The fourth-order valence-electron chi connectivity index (χ4n) is 5.62. The highest BCUT2D eigenvalue weighted by molar-refractivity contribution is 5.94. The van der Waals surface area contributed by atoms with Crippen molar-refractivity contribution in [1.82, 2.24) is 15.3 Å². The summed E-state index contributed by atoms with van der Waals surface area (Å²) < 4.78 is 0. The van der Waals surface area contributed by atoms with Gasteiger partial charge in [-0.1, -0.05) is 36.4 Å². The quantitative estimate of drug-likeness (QED) is 0.685. The molecule has 0 radical (unpaired) electrons. The molecule has 1 aromatic carbocycles. The zero-order chi connectivity index (χ0) is 23.7. The van der Waals surface area contributed by atoms with Crippen LogP contribution in [0.1, 0.15) is 32.1 Å². The Kier molecular flexibility index (Phi) is 6.35. The lowest BCUT2D eigenvalue weighted by molar-refractivity contribution is -0.127. The van der Waals surface area contributed by atoms with E-state index in [0.29, 0.717) is 30.9 Å². The number of amides is 1. The van der Waals surface area contributed by atoms with Crippen molar-refractivity contribution in [2.45, 2.75) is 38.1 Å². The predicted octanol–water partition coefficient (Wildman–Crippen LogP) is 3.73. The van der Waals surface area contributed by atoms with Gasteiger partial charge in [-0.2, -0.15) is 4.98 Å². The smallest absolute Gasteiger partial charge is 0.225 e. The summed E-state index contributed by atoms with van der Waals surface area (Å²) in [4.78, 5) is 36.6. The second-order valence-corrected chi connectivity index (χ2v) is 10.0. The summed E-state index contributed by atoms with van der Waals surface area (Å²) in [5.41, 5.74) is 0.941. The topological polar surface area (TPSA) is 87.2 Å². The zero-order valence-corrected chi connectivity index (χ0v) is 19.9. The van der Waals surface area contributed by atoms with E-state index in [0.717, 1.165) is 42.4 Å². The van der Waals surface area contributed by atoms with Crippen LogP contribution in [0.5, 0.6) is 0 Å². The largest absolute Gasteiger partial charge is 0.362 e. The molecule has 0 bridgehead atoms. The second-order valence-electron chi connectivity index (χ2n) is 10.0. The number of hydrogen-bond acceptors (Lipinski definition) is 6. The van der Waals surface area contributed by atoms with E-state index in [1.54, 1.807) is 0 Å². The van der Waals surface area contributed by atoms with E-state index in [9.17, 15) is 9.59 Å². The number of rotatable bonds is 6. The van der Waals surface area contributed by atoms with E-state index in [1.807, 2.05) is 61.5 Å². The lowest BCUT2D eigenvalue weighted by atomic mass is 9.84. The summed E-state index contributed by atoms with van der Waals surface area (Å²) in [6, 6.07) is 8.42. The second kappa shape index (κ2) is 9.57. The maximum Gasteiger partial charge on any atom is 0.225 e. The van der Waals surface area contributed by atoms with E-state index >= 15 is 0 Å². The molecule has 3 aliphatic rings. The van der Waals surface area contributed by atoms with Crippen LogP contribution in [-0.2, 0) is 9.59 Å². The molecular formula is C27H33N5O2. The Labute approximate surface area is 200 Å². The van der Waals surface area contributed by atoms with Crippen LogP contribution in [0.25, 0.3) is 10.9 Å². The van der Waals surface area contributed by atoms with Gasteiger partial charge < -0.3 is 15.5 Å². The first-order valence-electron chi connectivity index (χ1n) is 12.4. The number of hydrogen-bond donors (Lipinski definition) is 2. The number of nitrogens with zero attached hydrogens (tertiary/aromatic N) is 3. The summed E-state index contributed by atoms with van der Waals surface area (Å²) in [5, 5.41) is 7.75. The van der Waals surface area contributed by atoms with E-state index < -0.39 is 0 Å². The van der Waals surface area contributed by atoms with Crippen LogP contribution in [0, 0.1) is 23.7 Å². The number of para-hydroxylation sites is 1. The van der Waals surface area contributed by atoms with Gasteiger partial charge in [-0.25, -0.2) is 4.98 Å². The number of nitrogens with one attached hydrogen (secondary N) is 2. The van der Waals surface area contributed by atoms with Gasteiger partial charge in [0.15, 0.2) is 0 Å². The van der Waals surface area contributed by atoms with Gasteiger partial charge in [-0.3, -0.25) is 9.59 Å². The third-order valence-electron chi connectivity index (χ3n) is 7.52. The third kappa shape index (κ3) is 4.56. The third-order valence-corrected chi connectivity index (χ3v) is 7.52. The van der Waals surface area contributed by atoms with Crippen molar-refractivity contribution in [3.63, 3.8) is 0 Å². The molecule has 0 saturated heterocycles. The van der Waals surface area contributed by atoms with Crippen LogP contribution in [0.2, 0.25) is 0 Å². The molecular weight excluding hydrogens is 426 g/mol. The van der Waals surface area contributed by atoms with Crippen molar-refractivity contribution in [1.29, 1.82) is 0 Å². The van der Waals surface area contributed by atoms with Gasteiger partial charge >= 0.3 is 0 Å². The molecule has 178 valence electrons. The molecule has 7 nitrogen and oxygen atoms in total. The predicted molar refractivity (Wildman–Crippen MR) is 135 cm³/mol. The number of aromatic nitrogens is 2. The number of fused-ring (bicyclic) bond motifs is 2. The highest BCUT2D eigenvalue weighted by Gasteiger charge is 2.43. The van der Waals surface area contributed by atoms with Crippen LogP contribution in [0.4, 0.5) is 11.8 Å². The first-order valence-corrected chi connectivity index (χ1v) is 12.4. The lowest BCUT2D eigenvalue weighted by Crippen LogP contribution is -2.38. The van der Waals surface area contributed by atoms with E-state index in [1.165, 1.54) is 0 Å². The van der Waals surface area contributed by atoms with Crippen molar-refractivity contribution in [2.75, 3.05) is 30.9 Å². The van der Waals surface area contributed by atoms with Gasteiger partial charge in [-0.15, -0.1) is 0 Å². The Morgan fingerprint density at radius 3 is 2.62 bits per heavy atom. The van der Waals surface area contributed by atoms with Crippen LogP contribution in [-0.4, -0.2) is 48.3 Å². The van der Waals surface area contributed by atoms with Crippen molar-refractivity contribution in [3.05, 3.63) is 48.6 Å². The van der Waals surface area contributed by atoms with Crippen molar-refractivity contribution >= 4 is 34.4 Å². The van der Waals surface area contributed by atoms with Crippen LogP contribution in [0.3, 0.4) is 0 Å². The fourth-order valence-corrected chi connectivity index (χ4v) is 5.62. The Hall–Kier alpha value is -3.22. The number of ketones is 1. The molecule has 3 unspecified atom stereocenters. The molecule has 1 amide bonds. The van der Waals surface area contributed by atoms with E-state index in [4.69, 9.17) is 9.97 Å². The Morgan fingerprint density at radius 1 is 1.06 bits per heavy atom. The number of Topliss-reactive ketones (excluding diaryl/α,β-unsaturated/α-hetero) is 1. The minimum atomic E-state index is -0.229. The summed E-state index contributed by atoms with van der Waals surface area (Å²) in [7, 11) is 4.00. The van der Waals surface area contributed by atoms with Crippen LogP contribution < -0.4 is 15.5 Å². The van der Waals surface area contributed by atoms with E-state index in [-0.39, 0.29) is 29.4 Å². The fraction of sp³-hybridized carbons (Fsp3) is 0.481. The monoisotopic (exact) mass is 459 g/mol. The molecule has 0 aliphatic heterocycles. The molecule has 2 fully saturated rings. The number of allylic oxidation sites excluding steroid dienone is 4. The number of carbonyl (C=O) groups is 2. The minimum absolute atomic E-state index is 0.0199. The molecule has 2 saturated carbocycles. The maximum atomic E-state index is 12.8. The molecule has 3 aliphatic carbocycles. The van der Waals surface area contributed by atoms with Gasteiger partial charge in [0, 0.05) is 50.3 Å². The number of carbonyl (C=O) groups excluding carboxylic acids is 2. The van der Waals surface area contributed by atoms with Gasteiger partial charge in [-0.05, 0) is 43.7 Å². The highest BCUT2D eigenvalue weighted by Crippen LogP contribution is 2.38. The Bertz CT molecular complexity index is 1130. The Balaban J connectivity index is 1.13. The number of anilines is 2.